The highest BCUT2D eigenvalue weighted by atomic mass is 14.8. The van der Waals surface area contributed by atoms with Gasteiger partial charge in [0.2, 0.25) is 0 Å². The minimum Gasteiger partial charge on any atom is -0.0617 e. The van der Waals surface area contributed by atoms with Crippen molar-refractivity contribution in [2.45, 2.75) is 58.3 Å². The summed E-state index contributed by atoms with van der Waals surface area (Å²) in [5.74, 6) is 5.18. The van der Waals surface area contributed by atoms with Crippen molar-refractivity contribution in [2.24, 2.45) is 29.1 Å². The standard InChI is InChI=1S/C20H26/c1-12-3-5-15-14(11-12)4-6-17-16(15)9-10-20-13(2)18(20)7-8-19(17)20/h3,5,11,13,16-19H,4,6-10H2,1-2H3. The van der Waals surface area contributed by atoms with Crippen LogP contribution in [-0.2, 0) is 6.42 Å². The molecule has 0 saturated heterocycles. The van der Waals surface area contributed by atoms with Gasteiger partial charge in [-0.2, -0.15) is 0 Å². The van der Waals surface area contributed by atoms with E-state index in [0.29, 0.717) is 0 Å². The molecule has 1 aromatic rings. The Morgan fingerprint density at radius 3 is 2.75 bits per heavy atom. The molecule has 0 heterocycles. The van der Waals surface area contributed by atoms with Gasteiger partial charge in [0.1, 0.15) is 0 Å². The van der Waals surface area contributed by atoms with E-state index in [4.69, 9.17) is 0 Å². The van der Waals surface area contributed by atoms with Crippen LogP contribution in [0.1, 0.15) is 61.6 Å². The molecule has 0 nitrogen and oxygen atoms in total. The normalized spacial score (nSPS) is 48.0. The topological polar surface area (TPSA) is 0 Å². The third-order valence-electron chi connectivity index (χ3n) is 7.88. The Labute approximate surface area is 123 Å². The second kappa shape index (κ2) is 3.70. The fourth-order valence-corrected chi connectivity index (χ4v) is 7.05. The maximum atomic E-state index is 2.55. The van der Waals surface area contributed by atoms with Gasteiger partial charge >= 0.3 is 0 Å². The summed E-state index contributed by atoms with van der Waals surface area (Å²) in [4.78, 5) is 0. The molecule has 3 saturated carbocycles. The first-order valence-corrected chi connectivity index (χ1v) is 8.81. The van der Waals surface area contributed by atoms with Gasteiger partial charge in [0.25, 0.3) is 0 Å². The van der Waals surface area contributed by atoms with E-state index in [1.807, 2.05) is 0 Å². The van der Waals surface area contributed by atoms with Crippen LogP contribution in [0, 0.1) is 36.0 Å². The Kier molecular flexibility index (Phi) is 2.19. The van der Waals surface area contributed by atoms with Crippen molar-refractivity contribution in [2.75, 3.05) is 0 Å². The maximum Gasteiger partial charge on any atom is -0.0128 e. The quantitative estimate of drug-likeness (QED) is 0.613. The summed E-state index contributed by atoms with van der Waals surface area (Å²) in [6.45, 7) is 4.80. The van der Waals surface area contributed by atoms with Gasteiger partial charge in [0.15, 0.2) is 0 Å². The van der Waals surface area contributed by atoms with Crippen molar-refractivity contribution < 1.29 is 0 Å². The average molecular weight is 266 g/mol. The second-order valence-corrected chi connectivity index (χ2v) is 8.24. The fraction of sp³-hybridized carbons (Fsp3) is 0.700. The van der Waals surface area contributed by atoms with Gasteiger partial charge in [0, 0.05) is 0 Å². The van der Waals surface area contributed by atoms with E-state index in [2.05, 4.69) is 32.0 Å². The van der Waals surface area contributed by atoms with E-state index in [9.17, 15) is 0 Å². The smallest absolute Gasteiger partial charge is 0.0128 e. The van der Waals surface area contributed by atoms with Gasteiger partial charge in [-0.3, -0.25) is 0 Å². The molecule has 0 amide bonds. The van der Waals surface area contributed by atoms with E-state index in [1.54, 1.807) is 24.0 Å². The van der Waals surface area contributed by atoms with E-state index in [0.717, 1.165) is 35.0 Å². The second-order valence-electron chi connectivity index (χ2n) is 8.24. The van der Waals surface area contributed by atoms with E-state index in [-0.39, 0.29) is 0 Å². The molecular weight excluding hydrogens is 240 g/mol. The van der Waals surface area contributed by atoms with E-state index >= 15 is 0 Å². The van der Waals surface area contributed by atoms with Gasteiger partial charge in [-0.25, -0.2) is 0 Å². The predicted molar refractivity (Wildman–Crippen MR) is 82.8 cm³/mol. The minimum atomic E-state index is 0.823. The number of hydrogen-bond donors (Lipinski definition) is 0. The molecule has 5 rings (SSSR count). The van der Waals surface area contributed by atoms with Gasteiger partial charge in [-0.15, -0.1) is 0 Å². The Morgan fingerprint density at radius 1 is 1.05 bits per heavy atom. The van der Waals surface area contributed by atoms with Crippen LogP contribution in [0.3, 0.4) is 0 Å². The lowest BCUT2D eigenvalue weighted by Gasteiger charge is -2.46. The highest BCUT2D eigenvalue weighted by Gasteiger charge is 2.71. The first-order valence-electron chi connectivity index (χ1n) is 8.81. The molecule has 106 valence electrons. The zero-order valence-corrected chi connectivity index (χ0v) is 12.9. The fourth-order valence-electron chi connectivity index (χ4n) is 7.05. The van der Waals surface area contributed by atoms with Crippen LogP contribution in [0.15, 0.2) is 18.2 Å². The van der Waals surface area contributed by atoms with Crippen LogP contribution in [0.4, 0.5) is 0 Å². The third kappa shape index (κ3) is 1.25. The molecule has 20 heavy (non-hydrogen) atoms. The van der Waals surface area contributed by atoms with Gasteiger partial charge in [0.05, 0.1) is 0 Å². The highest BCUT2D eigenvalue weighted by molar-refractivity contribution is 5.38. The summed E-state index contributed by atoms with van der Waals surface area (Å²) in [5.41, 5.74) is 5.69. The predicted octanol–water partition coefficient (Wildman–Crippen LogP) is 5.10. The Morgan fingerprint density at radius 2 is 1.90 bits per heavy atom. The molecule has 4 aliphatic carbocycles. The first-order chi connectivity index (χ1) is 9.72. The summed E-state index contributed by atoms with van der Waals surface area (Å²) in [7, 11) is 0. The van der Waals surface area contributed by atoms with Gasteiger partial charge < -0.3 is 0 Å². The summed E-state index contributed by atoms with van der Waals surface area (Å²) >= 11 is 0. The summed E-state index contributed by atoms with van der Waals surface area (Å²) in [6, 6.07) is 7.29. The molecule has 0 aromatic heterocycles. The number of aryl methyl sites for hydroxylation is 2. The zero-order chi connectivity index (χ0) is 13.5. The van der Waals surface area contributed by atoms with Crippen LogP contribution < -0.4 is 0 Å². The highest BCUT2D eigenvalue weighted by Crippen LogP contribution is 2.78. The summed E-state index contributed by atoms with van der Waals surface area (Å²) in [5, 5.41) is 0. The maximum absolute atomic E-state index is 2.55. The van der Waals surface area contributed by atoms with Crippen LogP contribution in [0.25, 0.3) is 0 Å². The van der Waals surface area contributed by atoms with Crippen molar-refractivity contribution in [3.05, 3.63) is 34.9 Å². The molecule has 0 aliphatic heterocycles. The SMILES string of the molecule is Cc1ccc2c(c1)CCC1C2CCC23C(C)C2CCC13. The molecule has 4 aliphatic rings. The summed E-state index contributed by atoms with van der Waals surface area (Å²) < 4.78 is 0. The van der Waals surface area contributed by atoms with Crippen LogP contribution >= 0.6 is 0 Å². The van der Waals surface area contributed by atoms with Crippen molar-refractivity contribution >= 4 is 0 Å². The number of fused-ring (bicyclic) bond motifs is 4. The van der Waals surface area contributed by atoms with Crippen molar-refractivity contribution in [1.29, 1.82) is 0 Å². The van der Waals surface area contributed by atoms with Gasteiger partial charge in [-0.05, 0) is 91.6 Å². The lowest BCUT2D eigenvalue weighted by molar-refractivity contribution is 0.0938. The van der Waals surface area contributed by atoms with Crippen molar-refractivity contribution in [3.63, 3.8) is 0 Å². The van der Waals surface area contributed by atoms with Crippen molar-refractivity contribution in [3.8, 4) is 0 Å². The van der Waals surface area contributed by atoms with E-state index in [1.165, 1.54) is 31.2 Å². The average Bonchev–Trinajstić information content (AvgIpc) is 2.84. The molecule has 1 spiro atoms. The lowest BCUT2D eigenvalue weighted by Crippen LogP contribution is -2.37. The first kappa shape index (κ1) is 11.8. The Hall–Kier alpha value is -0.780. The number of rotatable bonds is 0. The molecule has 3 fully saturated rings. The minimum absolute atomic E-state index is 0.823. The molecule has 0 radical (unpaired) electrons. The lowest BCUT2D eigenvalue weighted by atomic mass is 9.58. The zero-order valence-electron chi connectivity index (χ0n) is 12.9. The van der Waals surface area contributed by atoms with Crippen molar-refractivity contribution in [1.82, 2.24) is 0 Å². The largest absolute Gasteiger partial charge is 0.0617 e. The number of hydrogen-bond acceptors (Lipinski definition) is 0. The third-order valence-corrected chi connectivity index (χ3v) is 7.88. The van der Waals surface area contributed by atoms with E-state index < -0.39 is 0 Å². The van der Waals surface area contributed by atoms with Gasteiger partial charge in [-0.1, -0.05) is 30.7 Å². The van der Waals surface area contributed by atoms with Crippen LogP contribution in [-0.4, -0.2) is 0 Å². The Balaban J connectivity index is 1.54. The molecule has 1 aromatic carbocycles. The Bertz CT molecular complexity index is 571. The molecule has 6 atom stereocenters. The molecule has 0 N–H and O–H groups in total. The summed E-state index contributed by atoms with van der Waals surface area (Å²) in [6.07, 6.45) is 8.96. The monoisotopic (exact) mass is 266 g/mol. The van der Waals surface area contributed by atoms with Crippen LogP contribution in [0.2, 0.25) is 0 Å². The number of benzene rings is 1. The molecule has 6 unspecified atom stereocenters. The molecule has 0 heteroatoms. The van der Waals surface area contributed by atoms with Crippen LogP contribution in [0.5, 0.6) is 0 Å². The molecular formula is C20H26. The molecule has 0 bridgehead atoms.